The number of benzene rings is 2. The van der Waals surface area contributed by atoms with E-state index in [2.05, 4.69) is 0 Å². The highest BCUT2D eigenvalue weighted by molar-refractivity contribution is 8.19. The minimum atomic E-state index is -0.358. The molecule has 2 amide bonds. The summed E-state index contributed by atoms with van der Waals surface area (Å²) in [5, 5.41) is 9.03. The van der Waals surface area contributed by atoms with Crippen LogP contribution in [0.25, 0.3) is 5.57 Å². The molecule has 1 fully saturated rings. The van der Waals surface area contributed by atoms with Gasteiger partial charge in [-0.3, -0.25) is 9.59 Å². The number of anilines is 1. The summed E-state index contributed by atoms with van der Waals surface area (Å²) in [6.45, 7) is 1.79. The van der Waals surface area contributed by atoms with Crippen LogP contribution in [0.2, 0.25) is 0 Å². The lowest BCUT2D eigenvalue weighted by molar-refractivity contribution is -0.113. The molecule has 2 aromatic rings. The van der Waals surface area contributed by atoms with E-state index in [9.17, 15) is 14.7 Å². The van der Waals surface area contributed by atoms with Crippen molar-refractivity contribution in [3.05, 3.63) is 59.0 Å². The number of thioether (sulfide) groups is 1. The number of hydrogen-bond acceptors (Lipinski definition) is 5. The Morgan fingerprint density at radius 3 is 2.50 bits per heavy atom. The number of ether oxygens (including phenoxy) is 1. The summed E-state index contributed by atoms with van der Waals surface area (Å²) in [4.78, 5) is 26.6. The molecule has 0 spiro atoms. The van der Waals surface area contributed by atoms with E-state index in [0.717, 1.165) is 22.2 Å². The van der Waals surface area contributed by atoms with Gasteiger partial charge in [-0.15, -0.1) is 0 Å². The molecule has 24 heavy (non-hydrogen) atoms. The van der Waals surface area contributed by atoms with Gasteiger partial charge in [-0.2, -0.15) is 0 Å². The second-order valence-electron chi connectivity index (χ2n) is 5.21. The largest absolute Gasteiger partial charge is 0.508 e. The molecule has 0 unspecified atom stereocenters. The third-order valence-electron chi connectivity index (χ3n) is 3.72. The Labute approximate surface area is 143 Å². The maximum atomic E-state index is 12.7. The van der Waals surface area contributed by atoms with E-state index in [1.54, 1.807) is 55.5 Å². The maximum Gasteiger partial charge on any atom is 0.298 e. The molecule has 0 aliphatic carbocycles. The summed E-state index contributed by atoms with van der Waals surface area (Å²) in [6, 6.07) is 13.3. The zero-order chi connectivity index (χ0) is 17.3. The van der Waals surface area contributed by atoms with Gasteiger partial charge >= 0.3 is 0 Å². The van der Waals surface area contributed by atoms with E-state index < -0.39 is 0 Å². The molecule has 6 heteroatoms. The van der Waals surface area contributed by atoms with E-state index in [-0.39, 0.29) is 16.9 Å². The SMILES string of the molecule is COc1cccc(N2C(=O)S/C(=C(/C)c3ccc(O)cc3)C2=O)c1. The van der Waals surface area contributed by atoms with Gasteiger partial charge in [0.25, 0.3) is 11.1 Å². The Hall–Kier alpha value is -2.73. The zero-order valence-electron chi connectivity index (χ0n) is 13.1. The van der Waals surface area contributed by atoms with Crippen molar-refractivity contribution in [2.24, 2.45) is 0 Å². The number of rotatable bonds is 3. The number of allylic oxidation sites excluding steroid dienone is 1. The van der Waals surface area contributed by atoms with Crippen LogP contribution in [-0.4, -0.2) is 23.4 Å². The van der Waals surface area contributed by atoms with Gasteiger partial charge in [0.1, 0.15) is 11.5 Å². The standard InChI is InChI=1S/C18H15NO4S/c1-11(12-6-8-14(20)9-7-12)16-17(21)19(18(22)24-16)13-4-3-5-15(10-13)23-2/h3-10,20H,1-2H3/b16-11-. The Bertz CT molecular complexity index is 842. The van der Waals surface area contributed by atoms with Gasteiger partial charge in [0.05, 0.1) is 17.7 Å². The van der Waals surface area contributed by atoms with E-state index in [1.807, 2.05) is 0 Å². The molecule has 0 aromatic heterocycles. The molecule has 0 bridgehead atoms. The number of phenols is 1. The number of carbonyl (C=O) groups excluding carboxylic acids is 2. The smallest absolute Gasteiger partial charge is 0.298 e. The summed E-state index contributed by atoms with van der Waals surface area (Å²) in [5.74, 6) is 0.366. The van der Waals surface area contributed by atoms with Crippen molar-refractivity contribution in [3.63, 3.8) is 0 Å². The molecule has 1 aliphatic heterocycles. The number of amides is 2. The van der Waals surface area contributed by atoms with E-state index in [1.165, 1.54) is 7.11 Å². The summed E-state index contributed by atoms with van der Waals surface area (Å²) < 4.78 is 5.15. The fraction of sp³-hybridized carbons (Fsp3) is 0.111. The van der Waals surface area contributed by atoms with Crippen molar-refractivity contribution in [2.45, 2.75) is 6.92 Å². The first kappa shape index (κ1) is 16.1. The normalized spacial score (nSPS) is 16.5. The molecule has 5 nitrogen and oxygen atoms in total. The molecular weight excluding hydrogens is 326 g/mol. The van der Waals surface area contributed by atoms with Crippen LogP contribution < -0.4 is 9.64 Å². The predicted molar refractivity (Wildman–Crippen MR) is 94.2 cm³/mol. The first-order valence-corrected chi connectivity index (χ1v) is 8.03. The zero-order valence-corrected chi connectivity index (χ0v) is 14.0. The molecule has 0 radical (unpaired) electrons. The Morgan fingerprint density at radius 1 is 1.12 bits per heavy atom. The second kappa shape index (κ2) is 6.41. The van der Waals surface area contributed by atoms with Crippen molar-refractivity contribution in [1.82, 2.24) is 0 Å². The number of aromatic hydroxyl groups is 1. The summed E-state index contributed by atoms with van der Waals surface area (Å²) >= 11 is 0.911. The second-order valence-corrected chi connectivity index (χ2v) is 6.17. The molecule has 0 atom stereocenters. The van der Waals surface area contributed by atoms with Gasteiger partial charge in [-0.05, 0) is 54.1 Å². The molecule has 2 aromatic carbocycles. The lowest BCUT2D eigenvalue weighted by atomic mass is 10.1. The highest BCUT2D eigenvalue weighted by Gasteiger charge is 2.37. The summed E-state index contributed by atoms with van der Waals surface area (Å²) in [5.41, 5.74) is 1.96. The number of methoxy groups -OCH3 is 1. The van der Waals surface area contributed by atoms with Gasteiger partial charge in [-0.25, -0.2) is 4.90 Å². The average molecular weight is 341 g/mol. The number of carbonyl (C=O) groups is 2. The molecule has 122 valence electrons. The lowest BCUT2D eigenvalue weighted by Crippen LogP contribution is -2.27. The number of hydrogen-bond donors (Lipinski definition) is 1. The van der Waals surface area contributed by atoms with Gasteiger partial charge < -0.3 is 9.84 Å². The number of phenolic OH excluding ortho intramolecular Hbond substituents is 1. The topological polar surface area (TPSA) is 66.8 Å². The Kier molecular flexibility index (Phi) is 4.31. The fourth-order valence-corrected chi connectivity index (χ4v) is 3.32. The molecule has 1 aliphatic rings. The van der Waals surface area contributed by atoms with Crippen LogP contribution in [-0.2, 0) is 4.79 Å². The van der Waals surface area contributed by atoms with Crippen LogP contribution in [0.5, 0.6) is 11.5 Å². The van der Waals surface area contributed by atoms with Crippen molar-refractivity contribution >= 4 is 34.2 Å². The molecular formula is C18H15NO4S. The molecule has 1 saturated heterocycles. The monoisotopic (exact) mass is 341 g/mol. The minimum Gasteiger partial charge on any atom is -0.508 e. The van der Waals surface area contributed by atoms with E-state index in [4.69, 9.17) is 4.74 Å². The quantitative estimate of drug-likeness (QED) is 0.854. The van der Waals surface area contributed by atoms with Crippen LogP contribution in [0.4, 0.5) is 10.5 Å². The first-order valence-electron chi connectivity index (χ1n) is 7.22. The number of nitrogens with zero attached hydrogens (tertiary/aromatic N) is 1. The van der Waals surface area contributed by atoms with Crippen LogP contribution in [0, 0.1) is 0 Å². The van der Waals surface area contributed by atoms with Crippen molar-refractivity contribution in [3.8, 4) is 11.5 Å². The van der Waals surface area contributed by atoms with Crippen LogP contribution in [0.15, 0.2) is 53.4 Å². The third kappa shape index (κ3) is 2.88. The fourth-order valence-electron chi connectivity index (χ4n) is 2.41. The Morgan fingerprint density at radius 2 is 1.83 bits per heavy atom. The van der Waals surface area contributed by atoms with Crippen LogP contribution >= 0.6 is 11.8 Å². The minimum absolute atomic E-state index is 0.149. The van der Waals surface area contributed by atoms with Gasteiger partial charge in [0.15, 0.2) is 0 Å². The molecule has 1 heterocycles. The van der Waals surface area contributed by atoms with Gasteiger partial charge in [-0.1, -0.05) is 18.2 Å². The summed E-state index contributed by atoms with van der Waals surface area (Å²) in [7, 11) is 1.53. The maximum absolute atomic E-state index is 12.7. The predicted octanol–water partition coefficient (Wildman–Crippen LogP) is 4.03. The average Bonchev–Trinajstić information content (AvgIpc) is 2.89. The van der Waals surface area contributed by atoms with E-state index in [0.29, 0.717) is 21.9 Å². The van der Waals surface area contributed by atoms with E-state index >= 15 is 0 Å². The van der Waals surface area contributed by atoms with Crippen LogP contribution in [0.1, 0.15) is 12.5 Å². The van der Waals surface area contributed by atoms with Gasteiger partial charge in [0.2, 0.25) is 0 Å². The highest BCUT2D eigenvalue weighted by atomic mass is 32.2. The number of imide groups is 1. The van der Waals surface area contributed by atoms with Gasteiger partial charge in [0, 0.05) is 6.07 Å². The summed E-state index contributed by atoms with van der Waals surface area (Å²) in [6.07, 6.45) is 0. The first-order chi connectivity index (χ1) is 11.5. The van der Waals surface area contributed by atoms with Crippen molar-refractivity contribution < 1.29 is 19.4 Å². The molecule has 0 saturated carbocycles. The third-order valence-corrected chi connectivity index (χ3v) is 4.76. The lowest BCUT2D eigenvalue weighted by Gasteiger charge is -2.13. The van der Waals surface area contributed by atoms with Crippen molar-refractivity contribution in [2.75, 3.05) is 12.0 Å². The molecule has 3 rings (SSSR count). The Balaban J connectivity index is 1.99. The molecule has 1 N–H and O–H groups in total. The highest BCUT2D eigenvalue weighted by Crippen LogP contribution is 2.39. The van der Waals surface area contributed by atoms with Crippen LogP contribution in [0.3, 0.4) is 0 Å². The van der Waals surface area contributed by atoms with Crippen molar-refractivity contribution in [1.29, 1.82) is 0 Å².